The van der Waals surface area contributed by atoms with Gasteiger partial charge in [0.2, 0.25) is 5.88 Å². The molecule has 0 aliphatic heterocycles. The number of aryl methyl sites for hydroxylation is 1. The van der Waals surface area contributed by atoms with Gasteiger partial charge in [-0.15, -0.1) is 0 Å². The van der Waals surface area contributed by atoms with Crippen molar-refractivity contribution >= 4 is 32.8 Å². The van der Waals surface area contributed by atoms with Crippen LogP contribution in [0.1, 0.15) is 33.4 Å². The third-order valence-electron chi connectivity index (χ3n) is 5.40. The molecule has 182 valence electrons. The van der Waals surface area contributed by atoms with E-state index in [-0.39, 0.29) is 18.3 Å². The van der Waals surface area contributed by atoms with Gasteiger partial charge in [-0.05, 0) is 70.4 Å². The number of ether oxygens (including phenoxy) is 2. The Kier molecular flexibility index (Phi) is 8.02. The zero-order valence-electron chi connectivity index (χ0n) is 19.6. The molecule has 0 aliphatic carbocycles. The minimum absolute atomic E-state index is 0.133. The molecule has 0 saturated carbocycles. The van der Waals surface area contributed by atoms with Crippen LogP contribution in [0.2, 0.25) is 0 Å². The maximum atomic E-state index is 12.5. The van der Waals surface area contributed by atoms with Crippen molar-refractivity contribution in [3.8, 4) is 11.6 Å². The van der Waals surface area contributed by atoms with Gasteiger partial charge in [-0.3, -0.25) is 9.63 Å². The lowest BCUT2D eigenvalue weighted by molar-refractivity contribution is 0.0193. The highest BCUT2D eigenvalue weighted by molar-refractivity contribution is 9.10. The summed E-state index contributed by atoms with van der Waals surface area (Å²) in [5, 5.41) is 4.45. The van der Waals surface area contributed by atoms with Crippen molar-refractivity contribution in [2.45, 2.75) is 19.5 Å². The summed E-state index contributed by atoms with van der Waals surface area (Å²) in [5.41, 5.74) is 5.61. The highest BCUT2D eigenvalue weighted by Crippen LogP contribution is 2.26. The molecular formula is C26H26BrN3O5. The molecule has 0 radical (unpaired) electrons. The number of hydroxylamine groups is 1. The summed E-state index contributed by atoms with van der Waals surface area (Å²) < 4.78 is 17.1. The van der Waals surface area contributed by atoms with E-state index in [0.717, 1.165) is 27.8 Å². The molecule has 4 aromatic rings. The highest BCUT2D eigenvalue weighted by Gasteiger charge is 2.19. The molecule has 0 aliphatic rings. The number of hydrogen-bond donors (Lipinski definition) is 2. The summed E-state index contributed by atoms with van der Waals surface area (Å²) in [7, 11) is 3.12. The third kappa shape index (κ3) is 6.19. The van der Waals surface area contributed by atoms with E-state index in [9.17, 15) is 4.79 Å². The van der Waals surface area contributed by atoms with E-state index in [2.05, 4.69) is 31.7 Å². The number of nitrogens with one attached hydrogen (secondary N) is 2. The van der Waals surface area contributed by atoms with Gasteiger partial charge < -0.3 is 19.2 Å². The van der Waals surface area contributed by atoms with Gasteiger partial charge in [0.15, 0.2) is 0 Å². The van der Waals surface area contributed by atoms with E-state index in [0.29, 0.717) is 22.7 Å². The number of amides is 1. The molecular weight excluding hydrogens is 514 g/mol. The van der Waals surface area contributed by atoms with Crippen LogP contribution in [0.5, 0.6) is 11.6 Å². The van der Waals surface area contributed by atoms with Crippen molar-refractivity contribution < 1.29 is 23.5 Å². The van der Waals surface area contributed by atoms with Crippen LogP contribution in [0.25, 0.3) is 11.0 Å². The number of carbonyl (C=O) groups is 1. The average molecular weight is 540 g/mol. The molecule has 2 aromatic heterocycles. The van der Waals surface area contributed by atoms with Gasteiger partial charge in [-0.1, -0.05) is 24.3 Å². The summed E-state index contributed by atoms with van der Waals surface area (Å²) in [4.78, 5) is 22.3. The summed E-state index contributed by atoms with van der Waals surface area (Å²) in [6, 6.07) is 18.8. The number of carbonyl (C=O) groups excluding carboxylic acids is 1. The van der Waals surface area contributed by atoms with Gasteiger partial charge in [0.25, 0.3) is 5.91 Å². The smallest absolute Gasteiger partial charge is 0.293 e. The quantitative estimate of drug-likeness (QED) is 0.270. The molecule has 0 spiro atoms. The van der Waals surface area contributed by atoms with Crippen LogP contribution in [0.3, 0.4) is 0 Å². The normalized spacial score (nSPS) is 11.9. The van der Waals surface area contributed by atoms with E-state index in [1.54, 1.807) is 19.2 Å². The first-order valence-electron chi connectivity index (χ1n) is 11.0. The maximum Gasteiger partial charge on any atom is 0.293 e. The molecule has 1 amide bonds. The predicted molar refractivity (Wildman–Crippen MR) is 135 cm³/mol. The molecule has 2 N–H and O–H groups in total. The van der Waals surface area contributed by atoms with E-state index in [1.165, 1.54) is 7.11 Å². The molecule has 2 heterocycles. The van der Waals surface area contributed by atoms with Crippen LogP contribution in [0.15, 0.2) is 69.6 Å². The van der Waals surface area contributed by atoms with Crippen LogP contribution in [-0.2, 0) is 11.4 Å². The topological polar surface area (TPSA) is 94.8 Å². The first kappa shape index (κ1) is 24.7. The fourth-order valence-corrected chi connectivity index (χ4v) is 3.88. The monoisotopic (exact) mass is 539 g/mol. The van der Waals surface area contributed by atoms with Crippen molar-refractivity contribution in [1.29, 1.82) is 0 Å². The summed E-state index contributed by atoms with van der Waals surface area (Å²) in [6.07, 6.45) is 0. The molecule has 0 saturated heterocycles. The van der Waals surface area contributed by atoms with Crippen molar-refractivity contribution in [1.82, 2.24) is 15.8 Å². The number of aromatic nitrogens is 1. The number of methoxy groups -OCH3 is 2. The zero-order valence-corrected chi connectivity index (χ0v) is 21.2. The molecule has 35 heavy (non-hydrogen) atoms. The lowest BCUT2D eigenvalue weighted by atomic mass is 10.1. The summed E-state index contributed by atoms with van der Waals surface area (Å²) in [5.74, 6) is 1.33. The SMILES string of the molecule is COc1ccc(CNC(CONC(=O)c2ccc(Br)c(OC)n2)c2cc3ccc(C)cc3o2)cc1. The number of nitrogens with zero attached hydrogens (tertiary/aromatic N) is 1. The van der Waals surface area contributed by atoms with Crippen molar-refractivity contribution in [2.75, 3.05) is 20.8 Å². The second kappa shape index (κ2) is 11.4. The Hall–Kier alpha value is -3.40. The Morgan fingerprint density at radius 2 is 1.86 bits per heavy atom. The summed E-state index contributed by atoms with van der Waals surface area (Å²) in [6.45, 7) is 2.71. The van der Waals surface area contributed by atoms with Crippen LogP contribution in [0.4, 0.5) is 0 Å². The maximum absolute atomic E-state index is 12.5. The largest absolute Gasteiger partial charge is 0.497 e. The lowest BCUT2D eigenvalue weighted by Gasteiger charge is -2.17. The van der Waals surface area contributed by atoms with Crippen LogP contribution >= 0.6 is 15.9 Å². The Morgan fingerprint density at radius 3 is 2.60 bits per heavy atom. The van der Waals surface area contributed by atoms with E-state index in [4.69, 9.17) is 18.7 Å². The number of rotatable bonds is 10. The minimum atomic E-state index is -0.482. The van der Waals surface area contributed by atoms with Crippen molar-refractivity contribution in [2.24, 2.45) is 0 Å². The molecule has 2 aromatic carbocycles. The molecule has 0 fully saturated rings. The molecule has 9 heteroatoms. The zero-order chi connectivity index (χ0) is 24.8. The number of benzene rings is 2. The third-order valence-corrected chi connectivity index (χ3v) is 6.01. The van der Waals surface area contributed by atoms with Gasteiger partial charge in [0.05, 0.1) is 31.3 Å². The van der Waals surface area contributed by atoms with Gasteiger partial charge >= 0.3 is 0 Å². The lowest BCUT2D eigenvalue weighted by Crippen LogP contribution is -2.31. The average Bonchev–Trinajstić information content (AvgIpc) is 3.29. The van der Waals surface area contributed by atoms with Gasteiger partial charge in [-0.25, -0.2) is 10.5 Å². The Bertz CT molecular complexity index is 1310. The fourth-order valence-electron chi connectivity index (χ4n) is 3.49. The first-order valence-corrected chi connectivity index (χ1v) is 11.7. The standard InChI is InChI=1S/C26H26BrN3O5/c1-16-4-7-18-13-24(35-23(18)12-16)22(28-14-17-5-8-19(32-2)9-6-17)15-34-30-25(31)21-11-10-20(27)26(29-21)33-3/h4-13,22,28H,14-15H2,1-3H3,(H,30,31). The molecule has 0 bridgehead atoms. The van der Waals surface area contributed by atoms with Crippen LogP contribution < -0.4 is 20.3 Å². The Labute approximate surface area is 211 Å². The van der Waals surface area contributed by atoms with Gasteiger partial charge in [-0.2, -0.15) is 0 Å². The number of fused-ring (bicyclic) bond motifs is 1. The van der Waals surface area contributed by atoms with Gasteiger partial charge in [0, 0.05) is 11.9 Å². The van der Waals surface area contributed by atoms with Crippen molar-refractivity contribution in [3.05, 3.63) is 87.7 Å². The Balaban J connectivity index is 1.46. The number of pyridine rings is 1. The van der Waals surface area contributed by atoms with E-state index in [1.807, 2.05) is 55.5 Å². The van der Waals surface area contributed by atoms with Gasteiger partial charge in [0.1, 0.15) is 22.8 Å². The number of halogens is 1. The number of hydrogen-bond acceptors (Lipinski definition) is 7. The highest BCUT2D eigenvalue weighted by atomic mass is 79.9. The fraction of sp³-hybridized carbons (Fsp3) is 0.231. The minimum Gasteiger partial charge on any atom is -0.497 e. The molecule has 1 atom stereocenters. The summed E-state index contributed by atoms with van der Waals surface area (Å²) >= 11 is 3.32. The second-order valence-electron chi connectivity index (χ2n) is 7.90. The first-order chi connectivity index (χ1) is 17.0. The Morgan fingerprint density at radius 1 is 1.06 bits per heavy atom. The van der Waals surface area contributed by atoms with E-state index >= 15 is 0 Å². The van der Waals surface area contributed by atoms with Crippen LogP contribution in [0, 0.1) is 6.92 Å². The van der Waals surface area contributed by atoms with Crippen LogP contribution in [-0.4, -0.2) is 31.7 Å². The predicted octanol–water partition coefficient (Wildman–Crippen LogP) is 5.11. The molecule has 8 nitrogen and oxygen atoms in total. The molecule has 4 rings (SSSR count). The molecule has 1 unspecified atom stereocenters. The number of furan rings is 1. The van der Waals surface area contributed by atoms with Crippen molar-refractivity contribution in [3.63, 3.8) is 0 Å². The second-order valence-corrected chi connectivity index (χ2v) is 8.76. The van der Waals surface area contributed by atoms with E-state index < -0.39 is 5.91 Å².